The molecule has 1 nitrogen and oxygen atoms in total. The van der Waals surface area contributed by atoms with E-state index in [-0.39, 0.29) is 0 Å². The largest absolute Gasteiger partial charge is 0.316 e. The minimum absolute atomic E-state index is 1.19. The lowest BCUT2D eigenvalue weighted by Crippen LogP contribution is -2.13. The molecular weight excluding hydrogens is 146 g/mol. The van der Waals surface area contributed by atoms with E-state index in [0.717, 1.165) is 0 Å². The molecule has 0 spiro atoms. The minimum Gasteiger partial charge on any atom is -0.316 e. The number of rotatable bonds is 3. The molecule has 12 heavy (non-hydrogen) atoms. The summed E-state index contributed by atoms with van der Waals surface area (Å²) >= 11 is 0. The normalized spacial score (nSPS) is 22.6. The summed E-state index contributed by atoms with van der Waals surface area (Å²) in [6.07, 6.45) is 10.4. The summed E-state index contributed by atoms with van der Waals surface area (Å²) in [4.78, 5) is 0. The number of nitrogens with one attached hydrogen (secondary N) is 1. The van der Waals surface area contributed by atoms with Gasteiger partial charge in [-0.2, -0.15) is 0 Å². The summed E-state index contributed by atoms with van der Waals surface area (Å²) in [5, 5.41) is 3.43. The van der Waals surface area contributed by atoms with Crippen LogP contribution in [0.15, 0.2) is 11.6 Å². The van der Waals surface area contributed by atoms with Crippen molar-refractivity contribution < 1.29 is 0 Å². The molecule has 0 aromatic rings. The molecule has 1 rings (SSSR count). The van der Waals surface area contributed by atoms with Crippen molar-refractivity contribution in [1.29, 1.82) is 0 Å². The molecule has 0 aromatic carbocycles. The van der Waals surface area contributed by atoms with Gasteiger partial charge in [0.15, 0.2) is 0 Å². The highest BCUT2D eigenvalue weighted by atomic mass is 14.8. The Morgan fingerprint density at radius 1 is 1.33 bits per heavy atom. The van der Waals surface area contributed by atoms with Crippen molar-refractivity contribution in [3.63, 3.8) is 0 Å². The van der Waals surface area contributed by atoms with Crippen LogP contribution in [0.25, 0.3) is 0 Å². The van der Waals surface area contributed by atoms with Gasteiger partial charge in [-0.15, -0.1) is 0 Å². The van der Waals surface area contributed by atoms with Crippen molar-refractivity contribution >= 4 is 0 Å². The summed E-state index contributed by atoms with van der Waals surface area (Å²) in [6.45, 7) is 4.66. The molecule has 1 saturated heterocycles. The molecule has 0 aromatic heterocycles. The first kappa shape index (κ1) is 9.79. The molecule has 1 heterocycles. The van der Waals surface area contributed by atoms with Crippen LogP contribution in [0.5, 0.6) is 0 Å². The smallest absolute Gasteiger partial charge is 0.00116 e. The van der Waals surface area contributed by atoms with E-state index >= 15 is 0 Å². The van der Waals surface area contributed by atoms with Gasteiger partial charge >= 0.3 is 0 Å². The predicted octanol–water partition coefficient (Wildman–Crippen LogP) is 2.88. The minimum atomic E-state index is 1.19. The second-order valence-corrected chi connectivity index (χ2v) is 3.61. The number of unbranched alkanes of at least 4 members (excludes halogenated alkanes) is 2. The Morgan fingerprint density at radius 3 is 3.08 bits per heavy atom. The van der Waals surface area contributed by atoms with Crippen molar-refractivity contribution in [2.24, 2.45) is 0 Å². The third kappa shape index (κ3) is 3.91. The first-order chi connectivity index (χ1) is 5.93. The summed E-state index contributed by atoms with van der Waals surface area (Å²) in [7, 11) is 0. The fraction of sp³-hybridized carbons (Fsp3) is 0.818. The lowest BCUT2D eigenvalue weighted by atomic mass is 10.1. The van der Waals surface area contributed by atoms with E-state index < -0.39 is 0 Å². The van der Waals surface area contributed by atoms with Crippen molar-refractivity contribution in [2.45, 2.75) is 45.4 Å². The van der Waals surface area contributed by atoms with Crippen LogP contribution in [0.2, 0.25) is 0 Å². The molecule has 0 saturated carbocycles. The average molecular weight is 167 g/mol. The zero-order valence-corrected chi connectivity index (χ0v) is 8.23. The third-order valence-corrected chi connectivity index (χ3v) is 2.47. The Morgan fingerprint density at radius 2 is 2.25 bits per heavy atom. The summed E-state index contributed by atoms with van der Waals surface area (Å²) in [5.41, 5.74) is 1.69. The van der Waals surface area contributed by atoms with E-state index in [1.165, 1.54) is 51.6 Å². The standard InChI is InChI=1S/C11H21N/c1-2-3-4-6-11-7-5-9-12-10-8-11/h6,12H,2-5,7-10H2,1H3/b11-6-. The van der Waals surface area contributed by atoms with Gasteiger partial charge < -0.3 is 5.32 Å². The Kier molecular flexibility index (Phi) is 5.09. The fourth-order valence-electron chi connectivity index (χ4n) is 1.65. The van der Waals surface area contributed by atoms with Gasteiger partial charge in [0, 0.05) is 0 Å². The van der Waals surface area contributed by atoms with Crippen LogP contribution in [0.3, 0.4) is 0 Å². The molecule has 0 bridgehead atoms. The molecule has 0 atom stereocenters. The Labute approximate surface area is 76.2 Å². The molecular formula is C11H21N. The second-order valence-electron chi connectivity index (χ2n) is 3.61. The van der Waals surface area contributed by atoms with Crippen LogP contribution in [0.4, 0.5) is 0 Å². The molecule has 0 radical (unpaired) electrons. The van der Waals surface area contributed by atoms with E-state index in [4.69, 9.17) is 0 Å². The van der Waals surface area contributed by atoms with Crippen LogP contribution < -0.4 is 5.32 Å². The maximum atomic E-state index is 3.43. The lowest BCUT2D eigenvalue weighted by Gasteiger charge is -2.00. The summed E-state index contributed by atoms with van der Waals surface area (Å²) < 4.78 is 0. The monoisotopic (exact) mass is 167 g/mol. The van der Waals surface area contributed by atoms with Gasteiger partial charge in [-0.3, -0.25) is 0 Å². The van der Waals surface area contributed by atoms with Crippen molar-refractivity contribution in [1.82, 2.24) is 5.32 Å². The maximum Gasteiger partial charge on any atom is -0.00116 e. The predicted molar refractivity (Wildman–Crippen MR) is 54.3 cm³/mol. The highest BCUT2D eigenvalue weighted by Gasteiger charge is 2.01. The average Bonchev–Trinajstić information content (AvgIpc) is 2.33. The van der Waals surface area contributed by atoms with Crippen LogP contribution in [0.1, 0.15) is 45.4 Å². The first-order valence-electron chi connectivity index (χ1n) is 5.32. The maximum absolute atomic E-state index is 3.43. The molecule has 1 heteroatoms. The van der Waals surface area contributed by atoms with Crippen LogP contribution in [-0.4, -0.2) is 13.1 Å². The quantitative estimate of drug-likeness (QED) is 0.503. The molecule has 1 fully saturated rings. The Balaban J connectivity index is 2.22. The van der Waals surface area contributed by atoms with Crippen molar-refractivity contribution in [3.8, 4) is 0 Å². The summed E-state index contributed by atoms with van der Waals surface area (Å²) in [5.74, 6) is 0. The van der Waals surface area contributed by atoms with E-state index in [1.807, 2.05) is 0 Å². The van der Waals surface area contributed by atoms with Gasteiger partial charge in [0.1, 0.15) is 0 Å². The topological polar surface area (TPSA) is 12.0 Å². The SMILES string of the molecule is CCCC/C=C1/CCCNCC1. The Bertz CT molecular complexity index is 128. The zero-order valence-electron chi connectivity index (χ0n) is 8.23. The molecule has 0 aliphatic carbocycles. The van der Waals surface area contributed by atoms with Gasteiger partial charge in [-0.1, -0.05) is 31.4 Å². The molecule has 1 aliphatic rings. The lowest BCUT2D eigenvalue weighted by molar-refractivity contribution is 0.703. The molecule has 1 aliphatic heterocycles. The van der Waals surface area contributed by atoms with Crippen LogP contribution >= 0.6 is 0 Å². The second kappa shape index (κ2) is 6.24. The van der Waals surface area contributed by atoms with Crippen LogP contribution in [-0.2, 0) is 0 Å². The van der Waals surface area contributed by atoms with E-state index in [0.29, 0.717) is 0 Å². The molecule has 0 amide bonds. The summed E-state index contributed by atoms with van der Waals surface area (Å²) in [6, 6.07) is 0. The number of hydrogen-bond donors (Lipinski definition) is 1. The van der Waals surface area contributed by atoms with Gasteiger partial charge in [0.2, 0.25) is 0 Å². The van der Waals surface area contributed by atoms with Crippen LogP contribution in [0, 0.1) is 0 Å². The van der Waals surface area contributed by atoms with Crippen molar-refractivity contribution in [3.05, 3.63) is 11.6 Å². The van der Waals surface area contributed by atoms with Gasteiger partial charge in [-0.05, 0) is 38.8 Å². The van der Waals surface area contributed by atoms with E-state index in [9.17, 15) is 0 Å². The molecule has 70 valence electrons. The van der Waals surface area contributed by atoms with E-state index in [2.05, 4.69) is 18.3 Å². The van der Waals surface area contributed by atoms with Gasteiger partial charge in [0.05, 0.1) is 0 Å². The first-order valence-corrected chi connectivity index (χ1v) is 5.32. The number of hydrogen-bond acceptors (Lipinski definition) is 1. The van der Waals surface area contributed by atoms with Gasteiger partial charge in [-0.25, -0.2) is 0 Å². The van der Waals surface area contributed by atoms with Crippen molar-refractivity contribution in [2.75, 3.05) is 13.1 Å². The zero-order chi connectivity index (χ0) is 8.65. The number of allylic oxidation sites excluding steroid dienone is 1. The van der Waals surface area contributed by atoms with E-state index in [1.54, 1.807) is 5.57 Å². The highest BCUT2D eigenvalue weighted by Crippen LogP contribution is 2.13. The fourth-order valence-corrected chi connectivity index (χ4v) is 1.65. The molecule has 0 unspecified atom stereocenters. The molecule has 1 N–H and O–H groups in total. The third-order valence-electron chi connectivity index (χ3n) is 2.47. The Hall–Kier alpha value is -0.300. The highest BCUT2D eigenvalue weighted by molar-refractivity contribution is 5.03. The van der Waals surface area contributed by atoms with Gasteiger partial charge in [0.25, 0.3) is 0 Å².